The molecule has 2 aliphatic rings. The predicted octanol–water partition coefficient (Wildman–Crippen LogP) is 0.919. The number of nitrogens with zero attached hydrogens (tertiary/aromatic N) is 1. The van der Waals surface area contributed by atoms with Crippen molar-refractivity contribution in [2.24, 2.45) is 17.6 Å². The van der Waals surface area contributed by atoms with E-state index in [2.05, 4.69) is 5.32 Å². The van der Waals surface area contributed by atoms with Gasteiger partial charge in [-0.1, -0.05) is 0 Å². The summed E-state index contributed by atoms with van der Waals surface area (Å²) in [6.07, 6.45) is 2.13. The lowest BCUT2D eigenvalue weighted by atomic mass is 9.92. The monoisotopic (exact) mass is 293 g/mol. The zero-order chi connectivity index (χ0) is 14.1. The fourth-order valence-corrected chi connectivity index (χ4v) is 4.02. The average Bonchev–Trinajstić information content (AvgIpc) is 3.04. The topological polar surface area (TPSA) is 75.4 Å². The molecule has 0 aromatic carbocycles. The second kappa shape index (κ2) is 5.54. The number of hydrogen-bond acceptors (Lipinski definition) is 4. The highest BCUT2D eigenvalue weighted by molar-refractivity contribution is 7.12. The van der Waals surface area contributed by atoms with Crippen LogP contribution in [0.15, 0.2) is 11.4 Å². The highest BCUT2D eigenvalue weighted by Crippen LogP contribution is 2.28. The van der Waals surface area contributed by atoms with E-state index in [1.807, 2.05) is 4.90 Å². The Balaban J connectivity index is 1.68. The molecule has 5 nitrogen and oxygen atoms in total. The molecule has 0 spiro atoms. The van der Waals surface area contributed by atoms with E-state index in [-0.39, 0.29) is 5.91 Å². The van der Waals surface area contributed by atoms with Crippen molar-refractivity contribution in [3.63, 3.8) is 0 Å². The normalized spacial score (nSPS) is 26.1. The van der Waals surface area contributed by atoms with E-state index in [0.29, 0.717) is 22.3 Å². The van der Waals surface area contributed by atoms with E-state index in [0.717, 1.165) is 39.0 Å². The zero-order valence-electron chi connectivity index (χ0n) is 11.3. The van der Waals surface area contributed by atoms with Crippen LogP contribution < -0.4 is 11.1 Å². The molecule has 20 heavy (non-hydrogen) atoms. The van der Waals surface area contributed by atoms with Gasteiger partial charge in [0.1, 0.15) is 0 Å². The van der Waals surface area contributed by atoms with Crippen molar-refractivity contribution in [3.8, 4) is 0 Å². The second-order valence-corrected chi connectivity index (χ2v) is 6.52. The number of nitrogens with one attached hydrogen (secondary N) is 1. The Hall–Kier alpha value is -1.40. The molecule has 2 atom stereocenters. The third-order valence-corrected chi connectivity index (χ3v) is 5.32. The molecule has 1 aromatic heterocycles. The molecule has 0 radical (unpaired) electrons. The summed E-state index contributed by atoms with van der Waals surface area (Å²) in [5.74, 6) is 0.974. The van der Waals surface area contributed by atoms with Gasteiger partial charge in [0, 0.05) is 18.5 Å². The molecule has 3 rings (SSSR count). The molecule has 2 aliphatic heterocycles. The molecule has 0 saturated carbocycles. The summed E-state index contributed by atoms with van der Waals surface area (Å²) in [5.41, 5.74) is 5.65. The van der Waals surface area contributed by atoms with E-state index in [9.17, 15) is 9.59 Å². The van der Waals surface area contributed by atoms with Crippen molar-refractivity contribution in [2.45, 2.75) is 12.8 Å². The first-order valence-corrected chi connectivity index (χ1v) is 7.91. The van der Waals surface area contributed by atoms with E-state index in [4.69, 9.17) is 5.73 Å². The van der Waals surface area contributed by atoms with E-state index >= 15 is 0 Å². The Labute approximate surface area is 122 Å². The van der Waals surface area contributed by atoms with Crippen LogP contribution >= 0.6 is 11.3 Å². The molecular formula is C14H19N3O2S. The molecule has 6 heteroatoms. The molecule has 2 fully saturated rings. The molecule has 108 valence electrons. The first-order chi connectivity index (χ1) is 9.65. The molecule has 1 aromatic rings. The van der Waals surface area contributed by atoms with Crippen molar-refractivity contribution >= 4 is 23.2 Å². The maximum atomic E-state index is 12.5. The van der Waals surface area contributed by atoms with Crippen molar-refractivity contribution in [2.75, 3.05) is 26.2 Å². The molecule has 0 aliphatic carbocycles. The van der Waals surface area contributed by atoms with Crippen molar-refractivity contribution < 1.29 is 9.59 Å². The van der Waals surface area contributed by atoms with Gasteiger partial charge in [-0.2, -0.15) is 0 Å². The Bertz CT molecular complexity index is 514. The van der Waals surface area contributed by atoms with Crippen LogP contribution in [0.5, 0.6) is 0 Å². The standard InChI is InChI=1S/C14H19N3O2S/c15-13(18)11-5-12(20-8-11)14(19)17-3-1-9-6-16-7-10(9)2-4-17/h5,8-10,16H,1-4,6-7H2,(H2,15,18)/t9-,10+. The average molecular weight is 293 g/mol. The molecule has 0 unspecified atom stereocenters. The zero-order valence-corrected chi connectivity index (χ0v) is 12.1. The lowest BCUT2D eigenvalue weighted by Gasteiger charge is -2.20. The molecule has 0 bridgehead atoms. The summed E-state index contributed by atoms with van der Waals surface area (Å²) in [7, 11) is 0. The number of carbonyl (C=O) groups excluding carboxylic acids is 2. The minimum Gasteiger partial charge on any atom is -0.366 e. The summed E-state index contributed by atoms with van der Waals surface area (Å²) in [5, 5.41) is 5.09. The number of hydrogen-bond donors (Lipinski definition) is 2. The van der Waals surface area contributed by atoms with Crippen LogP contribution in [-0.4, -0.2) is 42.9 Å². The molecule has 2 amide bonds. The quantitative estimate of drug-likeness (QED) is 0.851. The summed E-state index contributed by atoms with van der Waals surface area (Å²) in [4.78, 5) is 26.1. The number of carbonyl (C=O) groups is 2. The summed E-state index contributed by atoms with van der Waals surface area (Å²) >= 11 is 1.30. The highest BCUT2D eigenvalue weighted by Gasteiger charge is 2.31. The van der Waals surface area contributed by atoms with E-state index < -0.39 is 5.91 Å². The minimum absolute atomic E-state index is 0.0374. The van der Waals surface area contributed by atoms with Gasteiger partial charge in [-0.3, -0.25) is 9.59 Å². The predicted molar refractivity (Wildman–Crippen MR) is 77.8 cm³/mol. The summed E-state index contributed by atoms with van der Waals surface area (Å²) < 4.78 is 0. The minimum atomic E-state index is -0.475. The number of thiophene rings is 1. The number of nitrogens with two attached hydrogens (primary N) is 1. The number of rotatable bonds is 2. The number of amides is 2. The Morgan fingerprint density at radius 3 is 2.45 bits per heavy atom. The molecule has 2 saturated heterocycles. The van der Waals surface area contributed by atoms with Crippen LogP contribution in [0.1, 0.15) is 32.9 Å². The smallest absolute Gasteiger partial charge is 0.263 e. The van der Waals surface area contributed by atoms with Gasteiger partial charge in [-0.05, 0) is 43.8 Å². The van der Waals surface area contributed by atoms with Gasteiger partial charge in [0.05, 0.1) is 10.4 Å². The highest BCUT2D eigenvalue weighted by atomic mass is 32.1. The van der Waals surface area contributed by atoms with Crippen molar-refractivity contribution in [1.82, 2.24) is 10.2 Å². The fraction of sp³-hybridized carbons (Fsp3) is 0.571. The second-order valence-electron chi connectivity index (χ2n) is 5.61. The Kier molecular flexibility index (Phi) is 3.76. The van der Waals surface area contributed by atoms with Crippen molar-refractivity contribution in [1.29, 1.82) is 0 Å². The SMILES string of the molecule is NC(=O)c1csc(C(=O)N2CC[C@@H]3CNC[C@@H]3CC2)c1. The summed E-state index contributed by atoms with van der Waals surface area (Å²) in [6, 6.07) is 1.61. The maximum absolute atomic E-state index is 12.5. The third-order valence-electron chi connectivity index (χ3n) is 4.40. The molecule has 3 N–H and O–H groups in total. The van der Waals surface area contributed by atoms with Gasteiger partial charge < -0.3 is 16.0 Å². The number of likely N-dealkylation sites (tertiary alicyclic amines) is 1. The first-order valence-electron chi connectivity index (χ1n) is 7.03. The van der Waals surface area contributed by atoms with Gasteiger partial charge in [-0.15, -0.1) is 11.3 Å². The van der Waals surface area contributed by atoms with Crippen molar-refractivity contribution in [3.05, 3.63) is 21.9 Å². The van der Waals surface area contributed by atoms with Gasteiger partial charge in [0.25, 0.3) is 5.91 Å². The van der Waals surface area contributed by atoms with Crippen LogP contribution in [0.25, 0.3) is 0 Å². The summed E-state index contributed by atoms with van der Waals surface area (Å²) in [6.45, 7) is 3.78. The van der Waals surface area contributed by atoms with Gasteiger partial charge in [-0.25, -0.2) is 0 Å². The van der Waals surface area contributed by atoms with Gasteiger partial charge >= 0.3 is 0 Å². The maximum Gasteiger partial charge on any atom is 0.263 e. The largest absolute Gasteiger partial charge is 0.366 e. The Morgan fingerprint density at radius 2 is 1.90 bits per heavy atom. The number of fused-ring (bicyclic) bond motifs is 1. The Morgan fingerprint density at radius 1 is 1.25 bits per heavy atom. The van der Waals surface area contributed by atoms with Crippen LogP contribution in [0.3, 0.4) is 0 Å². The third kappa shape index (κ3) is 2.58. The lowest BCUT2D eigenvalue weighted by Crippen LogP contribution is -2.32. The van der Waals surface area contributed by atoms with Gasteiger partial charge in [0.2, 0.25) is 5.91 Å². The molecule has 3 heterocycles. The first kappa shape index (κ1) is 13.6. The van der Waals surface area contributed by atoms with Crippen LogP contribution in [-0.2, 0) is 0 Å². The van der Waals surface area contributed by atoms with Crippen LogP contribution in [0.2, 0.25) is 0 Å². The van der Waals surface area contributed by atoms with Gasteiger partial charge in [0.15, 0.2) is 0 Å². The van der Waals surface area contributed by atoms with E-state index in [1.54, 1.807) is 11.4 Å². The molecular weight excluding hydrogens is 274 g/mol. The fourth-order valence-electron chi connectivity index (χ4n) is 3.15. The van der Waals surface area contributed by atoms with E-state index in [1.165, 1.54) is 11.3 Å². The lowest BCUT2D eigenvalue weighted by molar-refractivity contribution is 0.0763. The van der Waals surface area contributed by atoms with Crippen LogP contribution in [0, 0.1) is 11.8 Å². The van der Waals surface area contributed by atoms with Crippen LogP contribution in [0.4, 0.5) is 0 Å². The number of primary amides is 1.